The monoisotopic (exact) mass is 440 g/mol. The highest BCUT2D eigenvalue weighted by Crippen LogP contribution is 2.36. The summed E-state index contributed by atoms with van der Waals surface area (Å²) in [4.78, 5) is 11.2. The molecule has 2 aromatic rings. The number of carbonyl (C=O) groups excluding carboxylic acids is 1. The van der Waals surface area contributed by atoms with E-state index in [1.54, 1.807) is 0 Å². The van der Waals surface area contributed by atoms with Crippen LogP contribution in [0.2, 0.25) is 5.04 Å². The van der Waals surface area contributed by atoms with Gasteiger partial charge in [0.2, 0.25) is 0 Å². The van der Waals surface area contributed by atoms with Gasteiger partial charge in [-0.25, -0.2) is 0 Å². The number of ether oxygens (including phenoxy) is 1. The van der Waals surface area contributed by atoms with Crippen LogP contribution in [-0.4, -0.2) is 39.2 Å². The Kier molecular flexibility index (Phi) is 9.69. The highest BCUT2D eigenvalue weighted by atomic mass is 28.4. The maximum Gasteiger partial charge on any atom is 0.308 e. The van der Waals surface area contributed by atoms with Crippen LogP contribution in [0.5, 0.6) is 0 Å². The summed E-state index contributed by atoms with van der Waals surface area (Å²) in [6, 6.07) is 21.3. The van der Waals surface area contributed by atoms with Crippen LogP contribution in [0.3, 0.4) is 0 Å². The summed E-state index contributed by atoms with van der Waals surface area (Å²) in [5.41, 5.74) is 0. The van der Waals surface area contributed by atoms with E-state index in [9.17, 15) is 9.90 Å². The van der Waals surface area contributed by atoms with Gasteiger partial charge in [0.05, 0.1) is 19.6 Å². The molecule has 0 aliphatic carbocycles. The van der Waals surface area contributed by atoms with Crippen LogP contribution in [0.25, 0.3) is 0 Å². The van der Waals surface area contributed by atoms with Gasteiger partial charge in [0.25, 0.3) is 8.32 Å². The quantitative estimate of drug-likeness (QED) is 0.246. The Morgan fingerprint density at radius 2 is 1.48 bits per heavy atom. The fourth-order valence-electron chi connectivity index (χ4n) is 3.94. The number of carbonyl (C=O) groups is 1. The van der Waals surface area contributed by atoms with Crippen molar-refractivity contribution < 1.29 is 19.1 Å². The fraction of sp³-hybridized carbons (Fsp3) is 0.423. The molecule has 1 unspecified atom stereocenters. The summed E-state index contributed by atoms with van der Waals surface area (Å²) in [7, 11) is -1.15. The van der Waals surface area contributed by atoms with Gasteiger partial charge in [-0.3, -0.25) is 4.79 Å². The molecule has 0 amide bonds. The Hall–Kier alpha value is -2.21. The molecule has 0 bridgehead atoms. The second-order valence-corrected chi connectivity index (χ2v) is 13.1. The van der Waals surface area contributed by atoms with E-state index in [-0.39, 0.29) is 17.4 Å². The minimum Gasteiger partial charge on any atom is -0.469 e. The van der Waals surface area contributed by atoms with Crippen molar-refractivity contribution in [3.8, 4) is 0 Å². The van der Waals surface area contributed by atoms with E-state index in [4.69, 9.17) is 4.43 Å². The first-order chi connectivity index (χ1) is 14.8. The summed E-state index contributed by atoms with van der Waals surface area (Å²) in [5.74, 6) is -0.379. The van der Waals surface area contributed by atoms with Gasteiger partial charge >= 0.3 is 5.97 Å². The van der Waals surface area contributed by atoms with Gasteiger partial charge in [-0.05, 0) is 34.7 Å². The second kappa shape index (κ2) is 12.0. The maximum absolute atomic E-state index is 11.2. The van der Waals surface area contributed by atoms with Gasteiger partial charge in [-0.15, -0.1) is 0 Å². The van der Waals surface area contributed by atoms with E-state index in [0.29, 0.717) is 13.0 Å². The van der Waals surface area contributed by atoms with Crippen LogP contribution in [0, 0.1) is 0 Å². The van der Waals surface area contributed by atoms with Crippen molar-refractivity contribution in [1.29, 1.82) is 0 Å². The lowest BCUT2D eigenvalue weighted by molar-refractivity contribution is -0.142. The summed E-state index contributed by atoms with van der Waals surface area (Å²) < 4.78 is 11.4. The van der Waals surface area contributed by atoms with Crippen LogP contribution in [0.4, 0.5) is 0 Å². The van der Waals surface area contributed by atoms with Gasteiger partial charge in [0, 0.05) is 6.61 Å². The first-order valence-corrected chi connectivity index (χ1v) is 12.9. The van der Waals surface area contributed by atoms with Crippen LogP contribution in [-0.2, 0) is 14.0 Å². The number of hydrogen-bond donors (Lipinski definition) is 1. The predicted molar refractivity (Wildman–Crippen MR) is 129 cm³/mol. The average molecular weight is 441 g/mol. The van der Waals surface area contributed by atoms with Crippen molar-refractivity contribution >= 4 is 24.7 Å². The van der Waals surface area contributed by atoms with Crippen LogP contribution in [0.1, 0.15) is 46.5 Å². The van der Waals surface area contributed by atoms with Crippen molar-refractivity contribution in [2.75, 3.05) is 13.7 Å². The topological polar surface area (TPSA) is 55.8 Å². The summed E-state index contributed by atoms with van der Waals surface area (Å²) in [5, 5.41) is 12.4. The zero-order valence-electron chi connectivity index (χ0n) is 19.2. The number of methoxy groups -OCH3 is 1. The summed E-state index contributed by atoms with van der Waals surface area (Å²) >= 11 is 0. The molecule has 0 saturated heterocycles. The van der Waals surface area contributed by atoms with E-state index in [2.05, 4.69) is 86.2 Å². The van der Waals surface area contributed by atoms with E-state index < -0.39 is 14.4 Å². The van der Waals surface area contributed by atoms with E-state index in [1.807, 2.05) is 12.1 Å². The van der Waals surface area contributed by atoms with E-state index in [1.165, 1.54) is 17.5 Å². The molecule has 2 aromatic carbocycles. The molecule has 0 fully saturated rings. The van der Waals surface area contributed by atoms with Crippen molar-refractivity contribution in [2.24, 2.45) is 0 Å². The van der Waals surface area contributed by atoms with Gasteiger partial charge in [-0.1, -0.05) is 93.6 Å². The molecular weight excluding hydrogens is 404 g/mol. The zero-order chi connectivity index (χ0) is 22.7. The third kappa shape index (κ3) is 6.89. The number of esters is 1. The van der Waals surface area contributed by atoms with Crippen molar-refractivity contribution in [3.05, 3.63) is 72.8 Å². The second-order valence-electron chi connectivity index (χ2n) is 8.78. The standard InChI is InChI=1S/C26H36O4Si/c1-26(2,3)31(23-16-10-7-11-17-23,24-18-12-8-13-19-24)30-20-14-6-5-9-15-22(27)21-25(28)29-4/h5-8,10-13,16-19,22,27H,9,14-15,20-21H2,1-4H3/b6-5+. The molecule has 0 heterocycles. The van der Waals surface area contributed by atoms with Gasteiger partial charge < -0.3 is 14.3 Å². The molecule has 31 heavy (non-hydrogen) atoms. The summed E-state index contributed by atoms with van der Waals surface area (Å²) in [6.07, 6.45) is 5.60. The lowest BCUT2D eigenvalue weighted by atomic mass is 10.1. The normalized spacial score (nSPS) is 13.3. The fourth-order valence-corrected chi connectivity index (χ4v) is 8.52. The molecule has 168 valence electrons. The highest BCUT2D eigenvalue weighted by Gasteiger charge is 2.49. The molecule has 0 aliphatic heterocycles. The number of rotatable bonds is 11. The molecular formula is C26H36O4Si. The Morgan fingerprint density at radius 1 is 0.968 bits per heavy atom. The molecule has 0 saturated carbocycles. The number of hydrogen-bond acceptors (Lipinski definition) is 4. The van der Waals surface area contributed by atoms with Crippen LogP contribution in [0.15, 0.2) is 72.8 Å². The third-order valence-corrected chi connectivity index (χ3v) is 10.5. The summed E-state index contributed by atoms with van der Waals surface area (Å²) in [6.45, 7) is 7.46. The van der Waals surface area contributed by atoms with Gasteiger partial charge in [0.1, 0.15) is 0 Å². The third-order valence-electron chi connectivity index (χ3n) is 5.48. The Balaban J connectivity index is 2.06. The van der Waals surface area contributed by atoms with Crippen LogP contribution >= 0.6 is 0 Å². The molecule has 1 atom stereocenters. The highest BCUT2D eigenvalue weighted by molar-refractivity contribution is 6.99. The number of aliphatic hydroxyl groups is 1. The minimum absolute atomic E-state index is 0.0303. The molecule has 0 aromatic heterocycles. The molecule has 5 heteroatoms. The molecule has 0 radical (unpaired) electrons. The van der Waals surface area contributed by atoms with Gasteiger partial charge in [-0.2, -0.15) is 0 Å². The van der Waals surface area contributed by atoms with Crippen molar-refractivity contribution in [2.45, 2.75) is 57.6 Å². The lowest BCUT2D eigenvalue weighted by Gasteiger charge is -2.43. The number of allylic oxidation sites excluding steroid dienone is 1. The van der Waals surface area contributed by atoms with E-state index >= 15 is 0 Å². The largest absolute Gasteiger partial charge is 0.469 e. The molecule has 2 rings (SSSR count). The number of benzene rings is 2. The first kappa shape index (κ1) is 25.1. The molecule has 0 spiro atoms. The first-order valence-electron chi connectivity index (χ1n) is 11.0. The lowest BCUT2D eigenvalue weighted by Crippen LogP contribution is -2.66. The SMILES string of the molecule is COC(=O)CC(O)CC/C=C/CCO[Si](c1ccccc1)(c1ccccc1)C(C)(C)C. The van der Waals surface area contributed by atoms with Crippen molar-refractivity contribution in [3.63, 3.8) is 0 Å². The Labute approximate surface area is 188 Å². The Bertz CT molecular complexity index is 773. The average Bonchev–Trinajstić information content (AvgIpc) is 2.76. The van der Waals surface area contributed by atoms with Crippen molar-refractivity contribution in [1.82, 2.24) is 0 Å². The Morgan fingerprint density at radius 3 is 1.97 bits per heavy atom. The predicted octanol–water partition coefficient (Wildman–Crippen LogP) is 4.21. The van der Waals surface area contributed by atoms with Crippen LogP contribution < -0.4 is 10.4 Å². The molecule has 0 aliphatic rings. The molecule has 4 nitrogen and oxygen atoms in total. The zero-order valence-corrected chi connectivity index (χ0v) is 20.2. The minimum atomic E-state index is -2.48. The maximum atomic E-state index is 11.2. The number of aliphatic hydroxyl groups excluding tert-OH is 1. The van der Waals surface area contributed by atoms with Gasteiger partial charge in [0.15, 0.2) is 0 Å². The molecule has 1 N–H and O–H groups in total. The van der Waals surface area contributed by atoms with E-state index in [0.717, 1.165) is 12.8 Å². The smallest absolute Gasteiger partial charge is 0.308 e.